The van der Waals surface area contributed by atoms with Crippen LogP contribution >= 0.6 is 0 Å². The van der Waals surface area contributed by atoms with Gasteiger partial charge in [-0.15, -0.1) is 0 Å². The molecule has 0 aliphatic rings. The SMILES string of the molecule is Cc1nc(CNC(=O)c2cccc3cc[nH]c23)no1. The molecule has 6 nitrogen and oxygen atoms in total. The van der Waals surface area contributed by atoms with Gasteiger partial charge in [-0.2, -0.15) is 4.98 Å². The van der Waals surface area contributed by atoms with Crippen molar-refractivity contribution in [2.75, 3.05) is 0 Å². The van der Waals surface area contributed by atoms with Crippen LogP contribution in [0.1, 0.15) is 22.1 Å². The van der Waals surface area contributed by atoms with Crippen molar-refractivity contribution >= 4 is 16.8 Å². The van der Waals surface area contributed by atoms with Crippen molar-refractivity contribution in [2.45, 2.75) is 13.5 Å². The number of amides is 1. The molecule has 0 aliphatic carbocycles. The summed E-state index contributed by atoms with van der Waals surface area (Å²) in [6.07, 6.45) is 1.81. The maximum atomic E-state index is 12.1. The Balaban J connectivity index is 1.78. The topological polar surface area (TPSA) is 83.8 Å². The first kappa shape index (κ1) is 11.5. The van der Waals surface area contributed by atoms with E-state index in [1.165, 1.54) is 0 Å². The molecule has 0 radical (unpaired) electrons. The summed E-state index contributed by atoms with van der Waals surface area (Å²) >= 11 is 0. The Labute approximate surface area is 108 Å². The molecule has 0 saturated heterocycles. The maximum absolute atomic E-state index is 12.1. The summed E-state index contributed by atoms with van der Waals surface area (Å²) in [5, 5.41) is 7.49. The van der Waals surface area contributed by atoms with Crippen molar-refractivity contribution in [1.29, 1.82) is 0 Å². The Morgan fingerprint density at radius 2 is 2.32 bits per heavy atom. The van der Waals surface area contributed by atoms with E-state index in [-0.39, 0.29) is 12.5 Å². The average Bonchev–Trinajstić information content (AvgIpc) is 3.03. The highest BCUT2D eigenvalue weighted by molar-refractivity contribution is 6.05. The number of hydrogen-bond donors (Lipinski definition) is 2. The lowest BCUT2D eigenvalue weighted by Gasteiger charge is -2.03. The summed E-state index contributed by atoms with van der Waals surface area (Å²) in [6.45, 7) is 1.95. The number of fused-ring (bicyclic) bond motifs is 1. The molecule has 19 heavy (non-hydrogen) atoms. The van der Waals surface area contributed by atoms with Crippen LogP contribution in [-0.4, -0.2) is 21.0 Å². The van der Waals surface area contributed by atoms with Crippen LogP contribution in [0.5, 0.6) is 0 Å². The fourth-order valence-corrected chi connectivity index (χ4v) is 1.94. The number of nitrogens with zero attached hydrogens (tertiary/aromatic N) is 2. The molecule has 2 N–H and O–H groups in total. The number of aromatic amines is 1. The molecule has 2 heterocycles. The summed E-state index contributed by atoms with van der Waals surface area (Å²) in [5.41, 5.74) is 1.42. The van der Waals surface area contributed by atoms with Gasteiger partial charge in [0.25, 0.3) is 5.91 Å². The third-order valence-electron chi connectivity index (χ3n) is 2.81. The number of hydrogen-bond acceptors (Lipinski definition) is 4. The van der Waals surface area contributed by atoms with Crippen LogP contribution in [0.25, 0.3) is 10.9 Å². The van der Waals surface area contributed by atoms with E-state index >= 15 is 0 Å². The van der Waals surface area contributed by atoms with E-state index < -0.39 is 0 Å². The van der Waals surface area contributed by atoms with Crippen LogP contribution in [0.4, 0.5) is 0 Å². The standard InChI is InChI=1S/C13H12N4O2/c1-8-16-11(17-19-8)7-15-13(18)10-4-2-3-9-5-6-14-12(9)10/h2-6,14H,7H2,1H3,(H,15,18). The Bertz CT molecular complexity index is 729. The molecular formula is C13H12N4O2. The zero-order valence-corrected chi connectivity index (χ0v) is 10.3. The maximum Gasteiger partial charge on any atom is 0.253 e. The van der Waals surface area contributed by atoms with E-state index in [9.17, 15) is 4.79 Å². The van der Waals surface area contributed by atoms with Gasteiger partial charge in [0.2, 0.25) is 5.89 Å². The first-order chi connectivity index (χ1) is 9.24. The van der Waals surface area contributed by atoms with Gasteiger partial charge < -0.3 is 14.8 Å². The normalized spacial score (nSPS) is 10.8. The van der Waals surface area contributed by atoms with Gasteiger partial charge in [-0.05, 0) is 12.1 Å². The average molecular weight is 256 g/mol. The van der Waals surface area contributed by atoms with Gasteiger partial charge in [0, 0.05) is 18.5 Å². The number of aromatic nitrogens is 3. The van der Waals surface area contributed by atoms with Crippen molar-refractivity contribution in [2.24, 2.45) is 0 Å². The van der Waals surface area contributed by atoms with Crippen LogP contribution in [0.15, 0.2) is 35.0 Å². The molecule has 0 bridgehead atoms. The first-order valence-electron chi connectivity index (χ1n) is 5.87. The minimum atomic E-state index is -0.171. The predicted molar refractivity (Wildman–Crippen MR) is 68.5 cm³/mol. The molecule has 96 valence electrons. The highest BCUT2D eigenvalue weighted by Gasteiger charge is 2.11. The monoisotopic (exact) mass is 256 g/mol. The Kier molecular flexibility index (Phi) is 2.75. The second kappa shape index (κ2) is 4.56. The summed E-state index contributed by atoms with van der Waals surface area (Å²) in [6, 6.07) is 7.50. The van der Waals surface area contributed by atoms with Crippen molar-refractivity contribution in [1.82, 2.24) is 20.4 Å². The number of carbonyl (C=O) groups is 1. The van der Waals surface area contributed by atoms with Crippen molar-refractivity contribution in [3.8, 4) is 0 Å². The molecule has 2 aromatic heterocycles. The lowest BCUT2D eigenvalue weighted by molar-refractivity contribution is 0.0951. The van der Waals surface area contributed by atoms with Crippen LogP contribution in [-0.2, 0) is 6.54 Å². The number of H-pyrrole nitrogens is 1. The summed E-state index contributed by atoms with van der Waals surface area (Å²) in [5.74, 6) is 0.774. The zero-order valence-electron chi connectivity index (χ0n) is 10.3. The first-order valence-corrected chi connectivity index (χ1v) is 5.87. The minimum Gasteiger partial charge on any atom is -0.361 e. The van der Waals surface area contributed by atoms with Crippen LogP contribution < -0.4 is 5.32 Å². The zero-order chi connectivity index (χ0) is 13.2. The molecule has 1 aromatic carbocycles. The molecule has 0 fully saturated rings. The van der Waals surface area contributed by atoms with Gasteiger partial charge in [0.1, 0.15) is 0 Å². The molecule has 0 saturated carbocycles. The van der Waals surface area contributed by atoms with Gasteiger partial charge in [-0.1, -0.05) is 17.3 Å². The van der Waals surface area contributed by atoms with E-state index in [2.05, 4.69) is 20.4 Å². The molecule has 0 spiro atoms. The number of rotatable bonds is 3. The van der Waals surface area contributed by atoms with Crippen LogP contribution in [0.3, 0.4) is 0 Å². The molecule has 3 aromatic rings. The highest BCUT2D eigenvalue weighted by atomic mass is 16.5. The van der Waals surface area contributed by atoms with E-state index in [1.54, 1.807) is 13.0 Å². The van der Waals surface area contributed by atoms with Gasteiger partial charge >= 0.3 is 0 Å². The largest absolute Gasteiger partial charge is 0.361 e. The minimum absolute atomic E-state index is 0.171. The molecule has 0 aliphatic heterocycles. The smallest absolute Gasteiger partial charge is 0.253 e. The third-order valence-corrected chi connectivity index (χ3v) is 2.81. The molecule has 3 rings (SSSR count). The van der Waals surface area contributed by atoms with Crippen LogP contribution in [0, 0.1) is 6.92 Å². The van der Waals surface area contributed by atoms with Crippen molar-refractivity contribution in [3.63, 3.8) is 0 Å². The van der Waals surface area contributed by atoms with E-state index in [4.69, 9.17) is 4.52 Å². The third kappa shape index (κ3) is 2.20. The lowest BCUT2D eigenvalue weighted by atomic mass is 10.1. The Hall–Kier alpha value is -2.63. The summed E-state index contributed by atoms with van der Waals surface area (Å²) in [7, 11) is 0. The highest BCUT2D eigenvalue weighted by Crippen LogP contribution is 2.16. The molecule has 0 atom stereocenters. The van der Waals surface area contributed by atoms with E-state index in [0.717, 1.165) is 10.9 Å². The molecular weight excluding hydrogens is 244 g/mol. The van der Waals surface area contributed by atoms with Gasteiger partial charge in [-0.25, -0.2) is 0 Å². The second-order valence-electron chi connectivity index (χ2n) is 4.16. The number of carbonyl (C=O) groups excluding carboxylic acids is 1. The van der Waals surface area contributed by atoms with E-state index in [1.807, 2.05) is 24.4 Å². The summed E-state index contributed by atoms with van der Waals surface area (Å²) in [4.78, 5) is 19.2. The van der Waals surface area contributed by atoms with Gasteiger partial charge in [0.05, 0.1) is 17.6 Å². The second-order valence-corrected chi connectivity index (χ2v) is 4.16. The molecule has 6 heteroatoms. The molecule has 1 amide bonds. The molecule has 0 unspecified atom stereocenters. The number of benzene rings is 1. The van der Waals surface area contributed by atoms with E-state index in [0.29, 0.717) is 17.3 Å². The lowest BCUT2D eigenvalue weighted by Crippen LogP contribution is -2.23. The fourth-order valence-electron chi connectivity index (χ4n) is 1.94. The van der Waals surface area contributed by atoms with Gasteiger partial charge in [-0.3, -0.25) is 4.79 Å². The van der Waals surface area contributed by atoms with Crippen molar-refractivity contribution in [3.05, 3.63) is 47.7 Å². The summed E-state index contributed by atoms with van der Waals surface area (Å²) < 4.78 is 4.84. The Morgan fingerprint density at radius 1 is 1.42 bits per heavy atom. The predicted octanol–water partition coefficient (Wildman–Crippen LogP) is 1.79. The quantitative estimate of drug-likeness (QED) is 0.748. The van der Waals surface area contributed by atoms with Gasteiger partial charge in [0.15, 0.2) is 5.82 Å². The number of para-hydroxylation sites is 1. The Morgan fingerprint density at radius 3 is 3.11 bits per heavy atom. The van der Waals surface area contributed by atoms with Crippen LogP contribution in [0.2, 0.25) is 0 Å². The number of aryl methyl sites for hydroxylation is 1. The van der Waals surface area contributed by atoms with Crippen molar-refractivity contribution < 1.29 is 9.32 Å². The fraction of sp³-hybridized carbons (Fsp3) is 0.154. The number of nitrogens with one attached hydrogen (secondary N) is 2.